The molecule has 0 fully saturated rings. The molecule has 1 atom stereocenters. The van der Waals surface area contributed by atoms with Crippen LogP contribution in [0.2, 0.25) is 5.02 Å². The maximum Gasteiger partial charge on any atom is 0.137 e. The van der Waals surface area contributed by atoms with Crippen LogP contribution in [-0.4, -0.2) is 14.5 Å². The Hall–Kier alpha value is -1.84. The molecular formula is C14H11ClN2O. The lowest BCUT2D eigenvalue weighted by Gasteiger charge is -2.09. The second-order valence-electron chi connectivity index (χ2n) is 4.06. The van der Waals surface area contributed by atoms with Crippen molar-refractivity contribution in [2.24, 2.45) is 0 Å². The molecule has 2 aromatic heterocycles. The van der Waals surface area contributed by atoms with Crippen molar-refractivity contribution < 1.29 is 5.11 Å². The standard InChI is InChI=1S/C14H11ClN2O/c15-11-6-2-1-5-10(11)14(18)12-9-17-8-4-3-7-13(17)16-12/h1-9,14,18H. The number of hydrogen-bond donors (Lipinski definition) is 1. The van der Waals surface area contributed by atoms with Gasteiger partial charge in [0.05, 0.1) is 5.69 Å². The number of aliphatic hydroxyl groups is 1. The van der Waals surface area contributed by atoms with Crippen LogP contribution < -0.4 is 0 Å². The molecule has 90 valence electrons. The van der Waals surface area contributed by atoms with E-state index in [9.17, 15) is 5.11 Å². The number of hydrogen-bond acceptors (Lipinski definition) is 2. The van der Waals surface area contributed by atoms with E-state index in [1.165, 1.54) is 0 Å². The third-order valence-electron chi connectivity index (χ3n) is 2.86. The lowest BCUT2D eigenvalue weighted by atomic mass is 10.1. The van der Waals surface area contributed by atoms with Crippen molar-refractivity contribution in [1.29, 1.82) is 0 Å². The third-order valence-corrected chi connectivity index (χ3v) is 3.21. The fraction of sp³-hybridized carbons (Fsp3) is 0.0714. The molecule has 1 aromatic carbocycles. The van der Waals surface area contributed by atoms with E-state index in [0.29, 0.717) is 16.3 Å². The summed E-state index contributed by atoms with van der Waals surface area (Å²) in [5.41, 5.74) is 2.07. The third kappa shape index (κ3) is 1.88. The van der Waals surface area contributed by atoms with E-state index in [4.69, 9.17) is 11.6 Å². The van der Waals surface area contributed by atoms with E-state index in [2.05, 4.69) is 4.98 Å². The van der Waals surface area contributed by atoms with E-state index in [1.54, 1.807) is 12.1 Å². The monoisotopic (exact) mass is 258 g/mol. The molecule has 0 aliphatic carbocycles. The van der Waals surface area contributed by atoms with Gasteiger partial charge in [-0.05, 0) is 18.2 Å². The van der Waals surface area contributed by atoms with E-state index in [-0.39, 0.29) is 0 Å². The van der Waals surface area contributed by atoms with Crippen LogP contribution in [0.15, 0.2) is 54.9 Å². The van der Waals surface area contributed by atoms with Gasteiger partial charge in [-0.1, -0.05) is 35.9 Å². The van der Waals surface area contributed by atoms with Crippen molar-refractivity contribution in [3.05, 3.63) is 71.1 Å². The minimum atomic E-state index is -0.807. The summed E-state index contributed by atoms with van der Waals surface area (Å²) >= 11 is 6.07. The van der Waals surface area contributed by atoms with E-state index >= 15 is 0 Å². The van der Waals surface area contributed by atoms with Crippen LogP contribution in [-0.2, 0) is 0 Å². The summed E-state index contributed by atoms with van der Waals surface area (Å²) in [4.78, 5) is 4.38. The maximum atomic E-state index is 10.3. The summed E-state index contributed by atoms with van der Waals surface area (Å²) < 4.78 is 1.87. The summed E-state index contributed by atoms with van der Waals surface area (Å²) in [6.07, 6.45) is 2.90. The number of aromatic nitrogens is 2. The number of halogens is 1. The van der Waals surface area contributed by atoms with E-state index in [1.807, 2.05) is 47.1 Å². The fourth-order valence-electron chi connectivity index (χ4n) is 1.94. The van der Waals surface area contributed by atoms with Gasteiger partial charge in [-0.3, -0.25) is 0 Å². The summed E-state index contributed by atoms with van der Waals surface area (Å²) in [5, 5.41) is 10.9. The predicted molar refractivity (Wildman–Crippen MR) is 70.7 cm³/mol. The van der Waals surface area contributed by atoms with Crippen molar-refractivity contribution >= 4 is 17.2 Å². The lowest BCUT2D eigenvalue weighted by molar-refractivity contribution is 0.216. The largest absolute Gasteiger partial charge is 0.382 e. The molecule has 0 saturated heterocycles. The van der Waals surface area contributed by atoms with Gasteiger partial charge < -0.3 is 9.51 Å². The first-order chi connectivity index (χ1) is 8.75. The first-order valence-electron chi connectivity index (χ1n) is 5.62. The molecule has 4 heteroatoms. The summed E-state index contributed by atoms with van der Waals surface area (Å²) in [7, 11) is 0. The van der Waals surface area contributed by atoms with Gasteiger partial charge >= 0.3 is 0 Å². The Morgan fingerprint density at radius 3 is 2.67 bits per heavy atom. The van der Waals surface area contributed by atoms with Gasteiger partial charge in [0.2, 0.25) is 0 Å². The topological polar surface area (TPSA) is 37.5 Å². The Kier molecular flexibility index (Phi) is 2.78. The quantitative estimate of drug-likeness (QED) is 0.767. The number of pyridine rings is 1. The number of imidazole rings is 1. The van der Waals surface area contributed by atoms with Gasteiger partial charge in [0.1, 0.15) is 11.8 Å². The average Bonchev–Trinajstić information content (AvgIpc) is 2.82. The van der Waals surface area contributed by atoms with Crippen LogP contribution in [0.3, 0.4) is 0 Å². The minimum Gasteiger partial charge on any atom is -0.382 e. The van der Waals surface area contributed by atoms with Crippen LogP contribution in [0, 0.1) is 0 Å². The summed E-state index contributed by atoms with van der Waals surface area (Å²) in [6, 6.07) is 13.0. The molecule has 18 heavy (non-hydrogen) atoms. The Morgan fingerprint density at radius 2 is 1.89 bits per heavy atom. The zero-order valence-corrected chi connectivity index (χ0v) is 10.2. The SMILES string of the molecule is OC(c1cn2ccccc2n1)c1ccccc1Cl. The minimum absolute atomic E-state index is 0.544. The highest BCUT2D eigenvalue weighted by molar-refractivity contribution is 6.31. The second-order valence-corrected chi connectivity index (χ2v) is 4.46. The van der Waals surface area contributed by atoms with Gasteiger partial charge in [-0.25, -0.2) is 4.98 Å². The van der Waals surface area contributed by atoms with Crippen molar-refractivity contribution in [2.45, 2.75) is 6.10 Å². The van der Waals surface area contributed by atoms with Crippen LogP contribution in [0.25, 0.3) is 5.65 Å². The smallest absolute Gasteiger partial charge is 0.137 e. The van der Waals surface area contributed by atoms with Crippen molar-refractivity contribution in [1.82, 2.24) is 9.38 Å². The van der Waals surface area contributed by atoms with Crippen molar-refractivity contribution in [3.63, 3.8) is 0 Å². The highest BCUT2D eigenvalue weighted by atomic mass is 35.5. The average molecular weight is 259 g/mol. The van der Waals surface area contributed by atoms with Crippen LogP contribution in [0.5, 0.6) is 0 Å². The molecule has 1 unspecified atom stereocenters. The van der Waals surface area contributed by atoms with E-state index in [0.717, 1.165) is 5.65 Å². The van der Waals surface area contributed by atoms with Crippen molar-refractivity contribution in [2.75, 3.05) is 0 Å². The number of rotatable bonds is 2. The first-order valence-corrected chi connectivity index (χ1v) is 5.99. The molecule has 3 aromatic rings. The number of aliphatic hydroxyl groups excluding tert-OH is 1. The summed E-state index contributed by atoms with van der Waals surface area (Å²) in [5.74, 6) is 0. The molecule has 0 radical (unpaired) electrons. The fourth-order valence-corrected chi connectivity index (χ4v) is 2.18. The highest BCUT2D eigenvalue weighted by Crippen LogP contribution is 2.27. The second kappa shape index (κ2) is 4.44. The van der Waals surface area contributed by atoms with Gasteiger partial charge in [-0.15, -0.1) is 0 Å². The predicted octanol–water partition coefficient (Wildman–Crippen LogP) is 3.07. The number of nitrogens with zero attached hydrogens (tertiary/aromatic N) is 2. The van der Waals surface area contributed by atoms with Crippen LogP contribution in [0.4, 0.5) is 0 Å². The zero-order valence-electron chi connectivity index (χ0n) is 9.49. The Bertz CT molecular complexity index is 660. The van der Waals surface area contributed by atoms with Gasteiger partial charge in [0, 0.05) is 23.0 Å². The molecule has 1 N–H and O–H groups in total. The first kappa shape index (κ1) is 11.3. The highest BCUT2D eigenvalue weighted by Gasteiger charge is 2.16. The normalized spacial score (nSPS) is 12.8. The van der Waals surface area contributed by atoms with Crippen LogP contribution >= 0.6 is 11.6 Å². The molecular weight excluding hydrogens is 248 g/mol. The Labute approximate surface area is 109 Å². The molecule has 2 heterocycles. The zero-order chi connectivity index (χ0) is 12.5. The van der Waals surface area contributed by atoms with Gasteiger partial charge in [0.15, 0.2) is 0 Å². The number of fused-ring (bicyclic) bond motifs is 1. The summed E-state index contributed by atoms with van der Waals surface area (Å²) in [6.45, 7) is 0. The molecule has 3 rings (SSSR count). The van der Waals surface area contributed by atoms with E-state index < -0.39 is 6.10 Å². The van der Waals surface area contributed by atoms with Gasteiger partial charge in [0.25, 0.3) is 0 Å². The molecule has 0 aliphatic heterocycles. The number of benzene rings is 1. The lowest BCUT2D eigenvalue weighted by Crippen LogP contribution is -2.00. The maximum absolute atomic E-state index is 10.3. The molecule has 3 nitrogen and oxygen atoms in total. The van der Waals surface area contributed by atoms with Crippen LogP contribution in [0.1, 0.15) is 17.4 Å². The Balaban J connectivity index is 2.07. The molecule has 0 bridgehead atoms. The molecule has 0 spiro atoms. The Morgan fingerprint density at radius 1 is 1.11 bits per heavy atom. The van der Waals surface area contributed by atoms with Crippen molar-refractivity contribution in [3.8, 4) is 0 Å². The van der Waals surface area contributed by atoms with Gasteiger partial charge in [-0.2, -0.15) is 0 Å². The molecule has 0 amide bonds. The molecule has 0 aliphatic rings. The molecule has 0 saturated carbocycles.